The van der Waals surface area contributed by atoms with E-state index in [1.165, 1.54) is 0 Å². The van der Waals surface area contributed by atoms with E-state index in [9.17, 15) is 9.59 Å². The zero-order chi connectivity index (χ0) is 18.8. The Balaban J connectivity index is 1.63. The standard InChI is InChI=1S/C20H18N4O3/c1-27-15-9-5-8-14(10-15)21-20(26)17-12-19(25)22-18-11-16(23-24(17)18)13-6-3-2-4-7-13/h2-11,17H,12H2,1H3,(H,21,26)(H,22,25)/t17-/m0/s1. The summed E-state index contributed by atoms with van der Waals surface area (Å²) in [5, 5.41) is 10.2. The van der Waals surface area contributed by atoms with Crippen LogP contribution in [0.15, 0.2) is 60.7 Å². The fourth-order valence-electron chi connectivity index (χ4n) is 3.06. The molecule has 0 fully saturated rings. The topological polar surface area (TPSA) is 85.2 Å². The molecule has 1 aliphatic heterocycles. The maximum absolute atomic E-state index is 12.8. The van der Waals surface area contributed by atoms with Crippen LogP contribution in [0.25, 0.3) is 11.3 Å². The minimum atomic E-state index is -0.725. The summed E-state index contributed by atoms with van der Waals surface area (Å²) >= 11 is 0. The molecule has 0 aliphatic carbocycles. The molecular weight excluding hydrogens is 344 g/mol. The predicted octanol–water partition coefficient (Wildman–Crippen LogP) is 3.08. The van der Waals surface area contributed by atoms with E-state index < -0.39 is 6.04 Å². The van der Waals surface area contributed by atoms with Gasteiger partial charge in [-0.2, -0.15) is 5.10 Å². The van der Waals surface area contributed by atoms with E-state index in [0.717, 1.165) is 5.56 Å². The molecule has 0 saturated heterocycles. The van der Waals surface area contributed by atoms with E-state index in [1.807, 2.05) is 30.3 Å². The summed E-state index contributed by atoms with van der Waals surface area (Å²) in [6.45, 7) is 0. The Morgan fingerprint density at radius 3 is 2.78 bits per heavy atom. The zero-order valence-corrected chi connectivity index (χ0v) is 14.7. The van der Waals surface area contributed by atoms with E-state index in [4.69, 9.17) is 4.74 Å². The van der Waals surface area contributed by atoms with E-state index in [0.29, 0.717) is 22.9 Å². The summed E-state index contributed by atoms with van der Waals surface area (Å²) in [5.41, 5.74) is 2.22. The zero-order valence-electron chi connectivity index (χ0n) is 14.7. The van der Waals surface area contributed by atoms with Gasteiger partial charge in [-0.15, -0.1) is 0 Å². The number of hydrogen-bond acceptors (Lipinski definition) is 4. The van der Waals surface area contributed by atoms with Crippen molar-refractivity contribution in [1.29, 1.82) is 0 Å². The van der Waals surface area contributed by atoms with Crippen molar-refractivity contribution in [3.8, 4) is 17.0 Å². The number of aromatic nitrogens is 2. The molecule has 2 aromatic carbocycles. The van der Waals surface area contributed by atoms with Gasteiger partial charge in [0.25, 0.3) is 0 Å². The van der Waals surface area contributed by atoms with Crippen LogP contribution in [-0.4, -0.2) is 28.7 Å². The van der Waals surface area contributed by atoms with Crippen LogP contribution in [0.4, 0.5) is 11.5 Å². The second kappa shape index (κ2) is 6.95. The Bertz CT molecular complexity index is 997. The highest BCUT2D eigenvalue weighted by molar-refractivity contribution is 6.01. The van der Waals surface area contributed by atoms with Crippen LogP contribution in [0.2, 0.25) is 0 Å². The van der Waals surface area contributed by atoms with E-state index in [1.54, 1.807) is 42.1 Å². The van der Waals surface area contributed by atoms with Crippen LogP contribution in [0.1, 0.15) is 12.5 Å². The highest BCUT2D eigenvalue weighted by Gasteiger charge is 2.32. The largest absolute Gasteiger partial charge is 0.497 e. The number of methoxy groups -OCH3 is 1. The first-order valence-electron chi connectivity index (χ1n) is 8.54. The lowest BCUT2D eigenvalue weighted by Gasteiger charge is -2.23. The van der Waals surface area contributed by atoms with E-state index in [-0.39, 0.29) is 18.2 Å². The van der Waals surface area contributed by atoms with Crippen LogP contribution in [0.5, 0.6) is 5.75 Å². The second-order valence-corrected chi connectivity index (χ2v) is 6.21. The van der Waals surface area contributed by atoms with Crippen molar-refractivity contribution in [2.75, 3.05) is 17.7 Å². The molecule has 1 atom stereocenters. The molecular formula is C20H18N4O3. The first-order valence-corrected chi connectivity index (χ1v) is 8.54. The Kier molecular flexibility index (Phi) is 4.33. The highest BCUT2D eigenvalue weighted by atomic mass is 16.5. The van der Waals surface area contributed by atoms with Gasteiger partial charge in [-0.25, -0.2) is 4.68 Å². The lowest BCUT2D eigenvalue weighted by atomic mass is 10.1. The van der Waals surface area contributed by atoms with Gasteiger partial charge in [-0.3, -0.25) is 9.59 Å². The molecule has 0 bridgehead atoms. The fraction of sp³-hybridized carbons (Fsp3) is 0.150. The third-order valence-electron chi connectivity index (χ3n) is 4.39. The van der Waals surface area contributed by atoms with Gasteiger partial charge in [0.15, 0.2) is 0 Å². The van der Waals surface area contributed by atoms with Crippen molar-refractivity contribution < 1.29 is 14.3 Å². The van der Waals surface area contributed by atoms with Crippen molar-refractivity contribution in [3.05, 3.63) is 60.7 Å². The number of hydrogen-bond donors (Lipinski definition) is 2. The molecule has 1 aromatic heterocycles. The summed E-state index contributed by atoms with van der Waals surface area (Å²) < 4.78 is 6.74. The van der Waals surface area contributed by atoms with Crippen LogP contribution in [0.3, 0.4) is 0 Å². The van der Waals surface area contributed by atoms with Gasteiger partial charge in [0.1, 0.15) is 17.6 Å². The first-order chi connectivity index (χ1) is 13.1. The smallest absolute Gasteiger partial charge is 0.249 e. The van der Waals surface area contributed by atoms with E-state index >= 15 is 0 Å². The van der Waals surface area contributed by atoms with Gasteiger partial charge in [0.05, 0.1) is 19.2 Å². The number of amides is 2. The van der Waals surface area contributed by atoms with Gasteiger partial charge in [-0.1, -0.05) is 36.4 Å². The van der Waals surface area contributed by atoms with Gasteiger partial charge in [-0.05, 0) is 12.1 Å². The van der Waals surface area contributed by atoms with Gasteiger partial charge < -0.3 is 15.4 Å². The fourth-order valence-corrected chi connectivity index (χ4v) is 3.06. The maximum atomic E-state index is 12.8. The molecule has 7 heteroatoms. The molecule has 27 heavy (non-hydrogen) atoms. The number of carbonyl (C=O) groups is 2. The summed E-state index contributed by atoms with van der Waals surface area (Å²) in [5.74, 6) is 0.631. The molecule has 136 valence electrons. The quantitative estimate of drug-likeness (QED) is 0.747. The Morgan fingerprint density at radius 2 is 2.00 bits per heavy atom. The lowest BCUT2D eigenvalue weighted by Crippen LogP contribution is -2.35. The Morgan fingerprint density at radius 1 is 1.19 bits per heavy atom. The number of nitrogens with zero attached hydrogens (tertiary/aromatic N) is 2. The predicted molar refractivity (Wildman–Crippen MR) is 102 cm³/mol. The molecule has 1 aliphatic rings. The maximum Gasteiger partial charge on any atom is 0.249 e. The number of benzene rings is 2. The third kappa shape index (κ3) is 3.39. The number of rotatable bonds is 4. The molecule has 3 aromatic rings. The van der Waals surface area contributed by atoms with Crippen LogP contribution in [0, 0.1) is 0 Å². The first kappa shape index (κ1) is 16.8. The summed E-state index contributed by atoms with van der Waals surface area (Å²) in [6, 6.07) is 17.7. The number of fused-ring (bicyclic) bond motifs is 1. The number of nitrogens with one attached hydrogen (secondary N) is 2. The number of anilines is 2. The molecule has 2 N–H and O–H groups in total. The van der Waals surface area contributed by atoms with Crippen molar-refractivity contribution in [2.24, 2.45) is 0 Å². The van der Waals surface area contributed by atoms with Crippen molar-refractivity contribution in [1.82, 2.24) is 9.78 Å². The SMILES string of the molecule is COc1cccc(NC(=O)[C@@H]2CC(=O)Nc3cc(-c4ccccc4)nn32)c1. The molecule has 2 amide bonds. The van der Waals surface area contributed by atoms with Crippen LogP contribution in [-0.2, 0) is 9.59 Å². The molecule has 2 heterocycles. The third-order valence-corrected chi connectivity index (χ3v) is 4.39. The van der Waals surface area contributed by atoms with Crippen LogP contribution >= 0.6 is 0 Å². The summed E-state index contributed by atoms with van der Waals surface area (Å²) in [6.07, 6.45) is 0.0265. The van der Waals surface area contributed by atoms with Crippen molar-refractivity contribution >= 4 is 23.3 Å². The van der Waals surface area contributed by atoms with Crippen LogP contribution < -0.4 is 15.4 Å². The monoisotopic (exact) mass is 362 g/mol. The molecule has 0 radical (unpaired) electrons. The minimum Gasteiger partial charge on any atom is -0.497 e. The Hall–Kier alpha value is -3.61. The van der Waals surface area contributed by atoms with Crippen molar-refractivity contribution in [3.63, 3.8) is 0 Å². The summed E-state index contributed by atoms with van der Waals surface area (Å²) in [7, 11) is 1.56. The Labute approximate surface area is 156 Å². The lowest BCUT2D eigenvalue weighted by molar-refractivity contribution is -0.125. The number of carbonyl (C=O) groups excluding carboxylic acids is 2. The molecule has 0 unspecified atom stereocenters. The highest BCUT2D eigenvalue weighted by Crippen LogP contribution is 2.30. The van der Waals surface area contributed by atoms with Gasteiger partial charge in [0.2, 0.25) is 11.8 Å². The second-order valence-electron chi connectivity index (χ2n) is 6.21. The van der Waals surface area contributed by atoms with Gasteiger partial charge in [0, 0.05) is 23.4 Å². The molecule has 7 nitrogen and oxygen atoms in total. The average Bonchev–Trinajstić information content (AvgIpc) is 3.12. The number of ether oxygens (including phenoxy) is 1. The van der Waals surface area contributed by atoms with Gasteiger partial charge >= 0.3 is 0 Å². The summed E-state index contributed by atoms with van der Waals surface area (Å²) in [4.78, 5) is 24.9. The van der Waals surface area contributed by atoms with Crippen molar-refractivity contribution in [2.45, 2.75) is 12.5 Å². The molecule has 0 saturated carbocycles. The normalized spacial score (nSPS) is 15.6. The molecule has 0 spiro atoms. The average molecular weight is 362 g/mol. The molecule has 4 rings (SSSR count). The minimum absolute atomic E-state index is 0.0265. The van der Waals surface area contributed by atoms with E-state index in [2.05, 4.69) is 15.7 Å².